The summed E-state index contributed by atoms with van der Waals surface area (Å²) in [6.45, 7) is 1.97. The highest BCUT2D eigenvalue weighted by molar-refractivity contribution is 6.31. The second-order valence-corrected chi connectivity index (χ2v) is 5.17. The van der Waals surface area contributed by atoms with E-state index in [2.05, 4.69) is 25.4 Å². The summed E-state index contributed by atoms with van der Waals surface area (Å²) >= 11 is 5.75. The third-order valence-corrected chi connectivity index (χ3v) is 3.57. The van der Waals surface area contributed by atoms with Gasteiger partial charge < -0.3 is 4.98 Å². The van der Waals surface area contributed by atoms with Crippen molar-refractivity contribution in [2.24, 2.45) is 4.99 Å². The molecule has 3 N–H and O–H groups in total. The molecule has 1 aromatic carbocycles. The first-order valence-corrected chi connectivity index (χ1v) is 7.28. The van der Waals surface area contributed by atoms with Gasteiger partial charge in [-0.1, -0.05) is 18.5 Å². The Morgan fingerprint density at radius 2 is 2.26 bits per heavy atom. The number of rotatable bonds is 3. The maximum Gasteiger partial charge on any atom is 0.178 e. The normalized spacial score (nSPS) is 11.9. The Bertz CT molecular complexity index is 893. The van der Waals surface area contributed by atoms with E-state index >= 15 is 0 Å². The van der Waals surface area contributed by atoms with Crippen molar-refractivity contribution in [1.29, 1.82) is 0 Å². The van der Waals surface area contributed by atoms with Gasteiger partial charge in [0.15, 0.2) is 11.5 Å². The number of amidine groups is 1. The van der Waals surface area contributed by atoms with Gasteiger partial charge in [-0.2, -0.15) is 0 Å². The van der Waals surface area contributed by atoms with E-state index in [-0.39, 0.29) is 10.9 Å². The largest absolute Gasteiger partial charge is 0.340 e. The smallest absolute Gasteiger partial charge is 0.178 e. The third kappa shape index (κ3) is 3.01. The molecule has 8 heteroatoms. The SMILES string of the molecule is CCc1nc2nccc(C(=Nc3ccc(F)c(Cl)c3)NO)c2[nH]1. The summed E-state index contributed by atoms with van der Waals surface area (Å²) in [4.78, 5) is 15.9. The topological polar surface area (TPSA) is 86.2 Å². The van der Waals surface area contributed by atoms with E-state index in [0.717, 1.165) is 12.2 Å². The summed E-state index contributed by atoms with van der Waals surface area (Å²) < 4.78 is 13.2. The molecule has 0 amide bonds. The molecule has 0 aliphatic heterocycles. The Labute approximate surface area is 136 Å². The molecule has 0 spiro atoms. The fourth-order valence-corrected chi connectivity index (χ4v) is 2.33. The van der Waals surface area contributed by atoms with E-state index in [1.807, 2.05) is 6.92 Å². The molecule has 0 fully saturated rings. The molecule has 118 valence electrons. The van der Waals surface area contributed by atoms with Gasteiger partial charge in [0.1, 0.15) is 11.6 Å². The lowest BCUT2D eigenvalue weighted by Crippen LogP contribution is -2.20. The molecule has 0 saturated carbocycles. The second-order valence-electron chi connectivity index (χ2n) is 4.76. The molecule has 3 aromatic rings. The molecule has 0 radical (unpaired) electrons. The van der Waals surface area contributed by atoms with Gasteiger partial charge in [-0.15, -0.1) is 0 Å². The van der Waals surface area contributed by atoms with Crippen LogP contribution >= 0.6 is 11.6 Å². The second kappa shape index (κ2) is 6.31. The van der Waals surface area contributed by atoms with Crippen LogP contribution in [0.5, 0.6) is 0 Å². The zero-order chi connectivity index (χ0) is 16.4. The number of benzene rings is 1. The summed E-state index contributed by atoms with van der Waals surface area (Å²) in [5.74, 6) is 0.421. The van der Waals surface area contributed by atoms with Gasteiger partial charge in [0.2, 0.25) is 0 Å². The van der Waals surface area contributed by atoms with Crippen LogP contribution < -0.4 is 5.48 Å². The number of halogens is 2. The fourth-order valence-electron chi connectivity index (χ4n) is 2.15. The predicted octanol–water partition coefficient (Wildman–Crippen LogP) is 3.37. The molecule has 3 rings (SSSR count). The van der Waals surface area contributed by atoms with Crippen molar-refractivity contribution in [3.63, 3.8) is 0 Å². The lowest BCUT2D eigenvalue weighted by molar-refractivity contribution is 0.235. The first-order valence-electron chi connectivity index (χ1n) is 6.90. The van der Waals surface area contributed by atoms with Crippen molar-refractivity contribution in [1.82, 2.24) is 20.4 Å². The highest BCUT2D eigenvalue weighted by Gasteiger charge is 2.12. The summed E-state index contributed by atoms with van der Waals surface area (Å²) in [6.07, 6.45) is 2.30. The number of hydrogen-bond acceptors (Lipinski definition) is 4. The van der Waals surface area contributed by atoms with Gasteiger partial charge in [0.25, 0.3) is 0 Å². The zero-order valence-corrected chi connectivity index (χ0v) is 12.9. The molecule has 0 unspecified atom stereocenters. The molecular weight excluding hydrogens is 321 g/mol. The lowest BCUT2D eigenvalue weighted by Gasteiger charge is -2.06. The van der Waals surface area contributed by atoms with E-state index < -0.39 is 5.82 Å². The first-order chi connectivity index (χ1) is 11.1. The van der Waals surface area contributed by atoms with Crippen molar-refractivity contribution in [2.75, 3.05) is 0 Å². The average Bonchev–Trinajstić information content (AvgIpc) is 2.99. The number of aryl methyl sites for hydroxylation is 1. The van der Waals surface area contributed by atoms with Crippen molar-refractivity contribution in [2.45, 2.75) is 13.3 Å². The number of nitrogens with zero attached hydrogens (tertiary/aromatic N) is 3. The molecule has 23 heavy (non-hydrogen) atoms. The summed E-state index contributed by atoms with van der Waals surface area (Å²) in [5.41, 5.74) is 4.22. The number of nitrogens with one attached hydrogen (secondary N) is 2. The van der Waals surface area contributed by atoms with Gasteiger partial charge in [-0.25, -0.2) is 19.4 Å². The molecule has 0 atom stereocenters. The number of pyridine rings is 1. The quantitative estimate of drug-likeness (QED) is 0.389. The van der Waals surface area contributed by atoms with Crippen molar-refractivity contribution in [3.05, 3.63) is 52.7 Å². The van der Waals surface area contributed by atoms with Gasteiger partial charge in [0.05, 0.1) is 16.2 Å². The highest BCUT2D eigenvalue weighted by Crippen LogP contribution is 2.23. The molecule has 0 bridgehead atoms. The number of imidazole rings is 1. The maximum atomic E-state index is 13.2. The maximum absolute atomic E-state index is 13.2. The van der Waals surface area contributed by atoms with Crippen LogP contribution in [0.25, 0.3) is 11.2 Å². The Kier molecular flexibility index (Phi) is 4.22. The van der Waals surface area contributed by atoms with Crippen LogP contribution in [0.3, 0.4) is 0 Å². The van der Waals surface area contributed by atoms with E-state index in [1.165, 1.54) is 18.2 Å². The van der Waals surface area contributed by atoms with Crippen LogP contribution in [0.1, 0.15) is 18.3 Å². The molecule has 6 nitrogen and oxygen atoms in total. The molecule has 0 saturated heterocycles. The Balaban J connectivity index is 2.11. The standard InChI is InChI=1S/C15H13ClFN5O/c1-2-12-20-13-9(5-6-18-15(13)21-12)14(22-23)19-8-3-4-11(17)10(16)7-8/h3-7,23H,2H2,1H3,(H,19,22)(H,18,20,21). The Morgan fingerprint density at radius 3 is 2.96 bits per heavy atom. The predicted molar refractivity (Wildman–Crippen MR) is 85.8 cm³/mol. The number of aliphatic imine (C=N–C) groups is 1. The Morgan fingerprint density at radius 1 is 1.43 bits per heavy atom. The number of aromatic amines is 1. The molecule has 0 aliphatic rings. The van der Waals surface area contributed by atoms with Crippen molar-refractivity contribution >= 4 is 34.3 Å². The highest BCUT2D eigenvalue weighted by atomic mass is 35.5. The van der Waals surface area contributed by atoms with Crippen LogP contribution in [0.4, 0.5) is 10.1 Å². The van der Waals surface area contributed by atoms with Crippen LogP contribution in [-0.2, 0) is 6.42 Å². The van der Waals surface area contributed by atoms with E-state index in [1.54, 1.807) is 12.3 Å². The average molecular weight is 334 g/mol. The minimum atomic E-state index is -0.531. The number of aromatic nitrogens is 3. The van der Waals surface area contributed by atoms with Gasteiger partial charge >= 0.3 is 0 Å². The molecular formula is C15H13ClFN5O. The van der Waals surface area contributed by atoms with Crippen LogP contribution in [0.2, 0.25) is 5.02 Å². The van der Waals surface area contributed by atoms with Gasteiger partial charge in [0, 0.05) is 18.2 Å². The molecule has 2 aromatic heterocycles. The van der Waals surface area contributed by atoms with Crippen LogP contribution in [-0.4, -0.2) is 26.0 Å². The van der Waals surface area contributed by atoms with E-state index in [9.17, 15) is 9.60 Å². The summed E-state index contributed by atoms with van der Waals surface area (Å²) in [6, 6.07) is 5.73. The Hall–Kier alpha value is -2.51. The first kappa shape index (κ1) is 15.4. The third-order valence-electron chi connectivity index (χ3n) is 3.28. The van der Waals surface area contributed by atoms with E-state index in [0.29, 0.717) is 22.4 Å². The number of H-pyrrole nitrogens is 1. The lowest BCUT2D eigenvalue weighted by atomic mass is 10.2. The minimum Gasteiger partial charge on any atom is -0.340 e. The zero-order valence-electron chi connectivity index (χ0n) is 12.1. The number of hydrogen-bond donors (Lipinski definition) is 3. The van der Waals surface area contributed by atoms with Crippen molar-refractivity contribution in [3.8, 4) is 0 Å². The summed E-state index contributed by atoms with van der Waals surface area (Å²) in [7, 11) is 0. The minimum absolute atomic E-state index is 0.0433. The van der Waals surface area contributed by atoms with Crippen molar-refractivity contribution < 1.29 is 9.60 Å². The van der Waals surface area contributed by atoms with Crippen LogP contribution in [0, 0.1) is 5.82 Å². The van der Waals surface area contributed by atoms with Gasteiger partial charge in [-0.3, -0.25) is 10.7 Å². The molecule has 2 heterocycles. The molecule has 0 aliphatic carbocycles. The van der Waals surface area contributed by atoms with Gasteiger partial charge in [-0.05, 0) is 24.3 Å². The number of fused-ring (bicyclic) bond motifs is 1. The summed E-state index contributed by atoms with van der Waals surface area (Å²) in [5, 5.41) is 9.40. The monoisotopic (exact) mass is 333 g/mol. The van der Waals surface area contributed by atoms with Crippen LogP contribution in [0.15, 0.2) is 35.5 Å². The number of hydroxylamine groups is 1. The van der Waals surface area contributed by atoms with E-state index in [4.69, 9.17) is 11.6 Å². The fraction of sp³-hybridized carbons (Fsp3) is 0.133.